The van der Waals surface area contributed by atoms with Gasteiger partial charge in [-0.05, 0) is 54.8 Å². The number of anilines is 1. The molecule has 4 N–H and O–H groups in total. The predicted octanol–water partition coefficient (Wildman–Crippen LogP) is 2.92. The smallest absolute Gasteiger partial charge is 0.319 e. The van der Waals surface area contributed by atoms with Crippen LogP contribution < -0.4 is 20.7 Å². The van der Waals surface area contributed by atoms with Crippen LogP contribution in [0.4, 0.5) is 10.5 Å². The molecule has 1 aliphatic carbocycles. The number of aliphatic carboxylic acids is 1. The lowest BCUT2D eigenvalue weighted by atomic mass is 10.0. The SMILES string of the molecule is COc1ccc([C@H](CC(=O)O)NC(=O)c2ccc(NC(=O)NC3CC3)cc2)cc1. The first kappa shape index (κ1) is 20.2. The fraction of sp³-hybridized carbons (Fsp3) is 0.286. The molecular weight excluding hydrogens is 374 g/mol. The van der Waals surface area contributed by atoms with Gasteiger partial charge in [-0.2, -0.15) is 0 Å². The summed E-state index contributed by atoms with van der Waals surface area (Å²) in [6.45, 7) is 0. The average Bonchev–Trinajstić information content (AvgIpc) is 3.51. The van der Waals surface area contributed by atoms with Gasteiger partial charge < -0.3 is 25.8 Å². The summed E-state index contributed by atoms with van der Waals surface area (Å²) >= 11 is 0. The number of carbonyl (C=O) groups excluding carboxylic acids is 2. The van der Waals surface area contributed by atoms with E-state index in [4.69, 9.17) is 4.74 Å². The maximum atomic E-state index is 12.6. The predicted molar refractivity (Wildman–Crippen MR) is 107 cm³/mol. The van der Waals surface area contributed by atoms with Gasteiger partial charge in [0.05, 0.1) is 19.6 Å². The Morgan fingerprint density at radius 1 is 1.07 bits per heavy atom. The van der Waals surface area contributed by atoms with Crippen molar-refractivity contribution in [3.63, 3.8) is 0 Å². The molecule has 0 aliphatic heterocycles. The average molecular weight is 397 g/mol. The number of carboxylic acids is 1. The van der Waals surface area contributed by atoms with E-state index in [0.717, 1.165) is 12.8 Å². The quantitative estimate of drug-likeness (QED) is 0.546. The lowest BCUT2D eigenvalue weighted by Gasteiger charge is -2.18. The first-order valence-electron chi connectivity index (χ1n) is 9.29. The summed E-state index contributed by atoms with van der Waals surface area (Å²) in [4.78, 5) is 35.6. The molecule has 1 saturated carbocycles. The van der Waals surface area contributed by atoms with Crippen molar-refractivity contribution in [3.05, 3.63) is 59.7 Å². The number of rotatable bonds is 8. The highest BCUT2D eigenvalue weighted by atomic mass is 16.5. The molecule has 1 atom stereocenters. The van der Waals surface area contributed by atoms with Crippen LogP contribution in [0, 0.1) is 0 Å². The third-order valence-corrected chi connectivity index (χ3v) is 4.52. The highest BCUT2D eigenvalue weighted by Gasteiger charge is 2.23. The van der Waals surface area contributed by atoms with Crippen LogP contribution in [0.5, 0.6) is 5.75 Å². The normalized spacial score (nSPS) is 13.8. The molecular formula is C21H23N3O5. The summed E-state index contributed by atoms with van der Waals surface area (Å²) in [5, 5.41) is 17.5. The molecule has 0 unspecified atom stereocenters. The molecule has 0 heterocycles. The van der Waals surface area contributed by atoms with Crippen molar-refractivity contribution in [1.82, 2.24) is 10.6 Å². The number of hydrogen-bond acceptors (Lipinski definition) is 4. The Balaban J connectivity index is 1.64. The van der Waals surface area contributed by atoms with E-state index in [1.165, 1.54) is 0 Å². The van der Waals surface area contributed by atoms with E-state index < -0.39 is 17.9 Å². The molecule has 29 heavy (non-hydrogen) atoms. The Labute approximate surface area is 168 Å². The van der Waals surface area contributed by atoms with Crippen molar-refractivity contribution in [2.75, 3.05) is 12.4 Å². The highest BCUT2D eigenvalue weighted by Crippen LogP contribution is 2.22. The molecule has 8 heteroatoms. The second kappa shape index (κ2) is 9.09. The maximum absolute atomic E-state index is 12.6. The van der Waals surface area contributed by atoms with Crippen molar-refractivity contribution in [1.29, 1.82) is 0 Å². The minimum Gasteiger partial charge on any atom is -0.497 e. The Kier molecular flexibility index (Phi) is 6.33. The molecule has 8 nitrogen and oxygen atoms in total. The molecule has 0 radical (unpaired) electrons. The van der Waals surface area contributed by atoms with Crippen LogP contribution in [0.15, 0.2) is 48.5 Å². The number of carbonyl (C=O) groups is 3. The Bertz CT molecular complexity index is 876. The zero-order valence-corrected chi connectivity index (χ0v) is 16.0. The molecule has 1 fully saturated rings. The van der Waals surface area contributed by atoms with Crippen LogP contribution in [-0.2, 0) is 4.79 Å². The van der Waals surface area contributed by atoms with Crippen molar-refractivity contribution in [2.24, 2.45) is 0 Å². The third kappa shape index (κ3) is 5.97. The molecule has 3 rings (SSSR count). The summed E-state index contributed by atoms with van der Waals surface area (Å²) in [5.41, 5.74) is 1.59. The van der Waals surface area contributed by atoms with Crippen LogP contribution in [0.25, 0.3) is 0 Å². The Hall–Kier alpha value is -3.55. The Morgan fingerprint density at radius 3 is 2.28 bits per heavy atom. The standard InChI is InChI=1S/C21H23N3O5/c1-29-17-10-4-13(5-11-17)18(12-19(25)26)24-20(27)14-2-6-15(7-3-14)22-21(28)23-16-8-9-16/h2-7,10-11,16,18H,8-9,12H2,1H3,(H,24,27)(H,25,26)(H2,22,23,28)/t18-/m0/s1. The maximum Gasteiger partial charge on any atom is 0.319 e. The fourth-order valence-corrected chi connectivity index (χ4v) is 2.79. The molecule has 0 spiro atoms. The van der Waals surface area contributed by atoms with Crippen LogP contribution >= 0.6 is 0 Å². The number of amides is 3. The van der Waals surface area contributed by atoms with Gasteiger partial charge in [-0.25, -0.2) is 4.79 Å². The fourth-order valence-electron chi connectivity index (χ4n) is 2.79. The van der Waals surface area contributed by atoms with Gasteiger partial charge in [-0.15, -0.1) is 0 Å². The summed E-state index contributed by atoms with van der Waals surface area (Å²) in [7, 11) is 1.54. The van der Waals surface area contributed by atoms with Gasteiger partial charge in [0.15, 0.2) is 0 Å². The van der Waals surface area contributed by atoms with Gasteiger partial charge in [-0.3, -0.25) is 9.59 Å². The second-order valence-corrected chi connectivity index (χ2v) is 6.85. The lowest BCUT2D eigenvalue weighted by molar-refractivity contribution is -0.137. The third-order valence-electron chi connectivity index (χ3n) is 4.52. The van der Waals surface area contributed by atoms with Gasteiger partial charge >= 0.3 is 12.0 Å². The molecule has 0 saturated heterocycles. The summed E-state index contributed by atoms with van der Waals surface area (Å²) in [6.07, 6.45) is 1.75. The minimum atomic E-state index is -1.02. The van der Waals surface area contributed by atoms with Crippen LogP contribution in [-0.4, -0.2) is 36.2 Å². The van der Waals surface area contributed by atoms with Gasteiger partial charge in [0.25, 0.3) is 5.91 Å². The number of nitrogens with one attached hydrogen (secondary N) is 3. The number of methoxy groups -OCH3 is 1. The molecule has 152 valence electrons. The number of urea groups is 1. The van der Waals surface area contributed by atoms with Crippen molar-refractivity contribution >= 4 is 23.6 Å². The molecule has 0 aromatic heterocycles. The topological polar surface area (TPSA) is 117 Å². The van der Waals surface area contributed by atoms with Crippen molar-refractivity contribution in [2.45, 2.75) is 31.3 Å². The van der Waals surface area contributed by atoms with E-state index >= 15 is 0 Å². The number of hydrogen-bond donors (Lipinski definition) is 4. The molecule has 2 aromatic rings. The first-order chi connectivity index (χ1) is 13.9. The second-order valence-electron chi connectivity index (χ2n) is 6.85. The van der Waals surface area contributed by atoms with E-state index in [9.17, 15) is 19.5 Å². The zero-order chi connectivity index (χ0) is 20.8. The summed E-state index contributed by atoms with van der Waals surface area (Å²) in [5.74, 6) is -0.781. The van der Waals surface area contributed by atoms with E-state index in [1.807, 2.05) is 0 Å². The first-order valence-corrected chi connectivity index (χ1v) is 9.29. The molecule has 1 aliphatic rings. The number of carboxylic acid groups (broad SMARTS) is 1. The Morgan fingerprint density at radius 2 is 1.72 bits per heavy atom. The van der Waals surface area contributed by atoms with Crippen LogP contribution in [0.3, 0.4) is 0 Å². The monoisotopic (exact) mass is 397 g/mol. The largest absolute Gasteiger partial charge is 0.497 e. The number of ether oxygens (including phenoxy) is 1. The van der Waals surface area contributed by atoms with Gasteiger partial charge in [0.1, 0.15) is 5.75 Å². The van der Waals surface area contributed by atoms with E-state index in [-0.39, 0.29) is 18.5 Å². The van der Waals surface area contributed by atoms with E-state index in [2.05, 4.69) is 16.0 Å². The van der Waals surface area contributed by atoms with Crippen LogP contribution in [0.2, 0.25) is 0 Å². The molecule has 3 amide bonds. The van der Waals surface area contributed by atoms with Gasteiger partial charge in [0.2, 0.25) is 0 Å². The van der Waals surface area contributed by atoms with Crippen LogP contribution in [0.1, 0.15) is 41.2 Å². The highest BCUT2D eigenvalue weighted by molar-refractivity contribution is 5.96. The van der Waals surface area contributed by atoms with Gasteiger partial charge in [-0.1, -0.05) is 12.1 Å². The summed E-state index contributed by atoms with van der Waals surface area (Å²) < 4.78 is 5.11. The number of benzene rings is 2. The van der Waals surface area contributed by atoms with E-state index in [1.54, 1.807) is 55.6 Å². The van der Waals surface area contributed by atoms with Gasteiger partial charge in [0, 0.05) is 17.3 Å². The van der Waals surface area contributed by atoms with E-state index in [0.29, 0.717) is 22.6 Å². The summed E-state index contributed by atoms with van der Waals surface area (Å²) in [6, 6.07) is 12.6. The molecule has 0 bridgehead atoms. The minimum absolute atomic E-state index is 0.251. The molecule has 2 aromatic carbocycles. The van der Waals surface area contributed by atoms with Crippen molar-refractivity contribution < 1.29 is 24.2 Å². The van der Waals surface area contributed by atoms with Crippen molar-refractivity contribution in [3.8, 4) is 5.75 Å². The zero-order valence-electron chi connectivity index (χ0n) is 16.0. The lowest BCUT2D eigenvalue weighted by Crippen LogP contribution is -2.31.